The number of carbonyl (C=O) groups excluding carboxylic acids is 1. The summed E-state index contributed by atoms with van der Waals surface area (Å²) in [7, 11) is -3.97. The molecule has 0 spiro atoms. The van der Waals surface area contributed by atoms with Crippen LogP contribution in [0.5, 0.6) is 0 Å². The molecule has 8 nitrogen and oxygen atoms in total. The lowest BCUT2D eigenvalue weighted by Gasteiger charge is -2.10. The van der Waals surface area contributed by atoms with E-state index in [9.17, 15) is 23.1 Å². The highest BCUT2D eigenvalue weighted by Crippen LogP contribution is 2.19. The van der Waals surface area contributed by atoms with Crippen molar-refractivity contribution in [2.24, 2.45) is 0 Å². The number of hydrogen-bond acceptors (Lipinski definition) is 5. The molecule has 118 valence electrons. The third-order valence-corrected chi connectivity index (χ3v) is 4.53. The minimum Gasteiger partial charge on any atom is -0.545 e. The highest BCUT2D eigenvalue weighted by Gasteiger charge is 2.15. The molecule has 1 heterocycles. The number of fused-ring (bicyclic) bond motifs is 1. The van der Waals surface area contributed by atoms with Gasteiger partial charge < -0.3 is 19.9 Å². The molecule has 0 unspecified atom stereocenters. The van der Waals surface area contributed by atoms with E-state index in [-0.39, 0.29) is 16.1 Å². The normalized spacial score (nSPS) is 11.5. The van der Waals surface area contributed by atoms with Crippen LogP contribution in [0.2, 0.25) is 0 Å². The number of carbonyl (C=O) groups is 1. The number of aromatic amines is 2. The van der Waals surface area contributed by atoms with E-state index in [1.807, 2.05) is 0 Å². The molecule has 9 heteroatoms. The molecule has 0 aliphatic rings. The second-order valence-corrected chi connectivity index (χ2v) is 6.44. The number of aromatic nitrogens is 2. The van der Waals surface area contributed by atoms with Gasteiger partial charge in [0.1, 0.15) is 0 Å². The third-order valence-electron chi connectivity index (χ3n) is 3.15. The van der Waals surface area contributed by atoms with Crippen molar-refractivity contribution < 1.29 is 18.3 Å². The van der Waals surface area contributed by atoms with Crippen molar-refractivity contribution in [3.8, 4) is 0 Å². The van der Waals surface area contributed by atoms with Crippen molar-refractivity contribution in [1.82, 2.24) is 9.97 Å². The number of H-pyrrole nitrogens is 2. The molecular formula is C14H10N3O5S-. The molecule has 0 aliphatic carbocycles. The number of nitrogens with one attached hydrogen (secondary N) is 3. The summed E-state index contributed by atoms with van der Waals surface area (Å²) in [6, 6.07) is 9.31. The van der Waals surface area contributed by atoms with Crippen LogP contribution in [0, 0.1) is 0 Å². The Morgan fingerprint density at radius 3 is 2.52 bits per heavy atom. The van der Waals surface area contributed by atoms with Gasteiger partial charge in [-0.05, 0) is 35.9 Å². The van der Waals surface area contributed by atoms with Crippen LogP contribution in [0.4, 0.5) is 5.69 Å². The van der Waals surface area contributed by atoms with E-state index in [2.05, 4.69) is 14.7 Å². The van der Waals surface area contributed by atoms with E-state index >= 15 is 0 Å². The fourth-order valence-corrected chi connectivity index (χ4v) is 3.20. The summed E-state index contributed by atoms with van der Waals surface area (Å²) in [4.78, 5) is 26.9. The standard InChI is InChI=1S/C14H11N3O5S/c18-13(19)8-2-1-3-10(6-8)23(21,22)17-9-4-5-11-12(7-9)16-14(20)15-11/h1-7,17H,(H,18,19)(H2,15,16,20)/p-1. The van der Waals surface area contributed by atoms with E-state index in [0.717, 1.165) is 6.07 Å². The summed E-state index contributed by atoms with van der Waals surface area (Å²) in [6.07, 6.45) is 0. The minimum absolute atomic E-state index is 0.207. The first-order valence-electron chi connectivity index (χ1n) is 6.41. The van der Waals surface area contributed by atoms with Gasteiger partial charge in [0.2, 0.25) is 0 Å². The predicted molar refractivity (Wildman–Crippen MR) is 80.5 cm³/mol. The lowest BCUT2D eigenvalue weighted by molar-refractivity contribution is -0.255. The van der Waals surface area contributed by atoms with Gasteiger partial charge in [-0.1, -0.05) is 12.1 Å². The van der Waals surface area contributed by atoms with Gasteiger partial charge in [0, 0.05) is 0 Å². The van der Waals surface area contributed by atoms with Crippen LogP contribution < -0.4 is 15.5 Å². The Hall–Kier alpha value is -3.07. The Labute approximate surface area is 129 Å². The maximum Gasteiger partial charge on any atom is 0.323 e. The molecular weight excluding hydrogens is 322 g/mol. The Balaban J connectivity index is 1.97. The van der Waals surface area contributed by atoms with Gasteiger partial charge >= 0.3 is 5.69 Å². The van der Waals surface area contributed by atoms with Crippen LogP contribution in [0.3, 0.4) is 0 Å². The number of sulfonamides is 1. The van der Waals surface area contributed by atoms with Gasteiger partial charge in [-0.2, -0.15) is 0 Å². The summed E-state index contributed by atoms with van der Waals surface area (Å²) in [6.45, 7) is 0. The van der Waals surface area contributed by atoms with Gasteiger partial charge in [0.25, 0.3) is 10.0 Å². The van der Waals surface area contributed by atoms with Crippen molar-refractivity contribution in [3.63, 3.8) is 0 Å². The Kier molecular flexibility index (Phi) is 3.41. The smallest absolute Gasteiger partial charge is 0.323 e. The van der Waals surface area contributed by atoms with E-state index in [0.29, 0.717) is 11.0 Å². The van der Waals surface area contributed by atoms with Crippen molar-refractivity contribution >= 4 is 32.7 Å². The molecule has 1 aromatic heterocycles. The molecule has 0 radical (unpaired) electrons. The van der Waals surface area contributed by atoms with Crippen LogP contribution >= 0.6 is 0 Å². The number of rotatable bonds is 4. The molecule has 0 fully saturated rings. The first kappa shape index (κ1) is 14.9. The van der Waals surface area contributed by atoms with Gasteiger partial charge in [-0.3, -0.25) is 4.72 Å². The van der Waals surface area contributed by atoms with E-state index in [1.165, 1.54) is 30.3 Å². The number of carboxylic acid groups (broad SMARTS) is 1. The maximum absolute atomic E-state index is 12.3. The largest absolute Gasteiger partial charge is 0.545 e. The average molecular weight is 332 g/mol. The molecule has 0 saturated heterocycles. The van der Waals surface area contributed by atoms with Crippen LogP contribution in [-0.2, 0) is 10.0 Å². The predicted octanol–water partition coefficient (Wildman–Crippen LogP) is 0.0205. The van der Waals surface area contributed by atoms with Crippen LogP contribution in [-0.4, -0.2) is 24.4 Å². The summed E-state index contributed by atoms with van der Waals surface area (Å²) >= 11 is 0. The highest BCUT2D eigenvalue weighted by molar-refractivity contribution is 7.92. The van der Waals surface area contributed by atoms with Crippen LogP contribution in [0.15, 0.2) is 52.2 Å². The lowest BCUT2D eigenvalue weighted by atomic mass is 10.2. The van der Waals surface area contributed by atoms with E-state index in [1.54, 1.807) is 6.07 Å². The molecule has 0 bridgehead atoms. The first-order chi connectivity index (χ1) is 10.8. The number of carboxylic acids is 1. The molecule has 0 atom stereocenters. The molecule has 3 aromatic rings. The van der Waals surface area contributed by atoms with Gasteiger partial charge in [-0.15, -0.1) is 0 Å². The summed E-state index contributed by atoms with van der Waals surface area (Å²) in [5, 5.41) is 10.8. The molecule has 23 heavy (non-hydrogen) atoms. The Morgan fingerprint density at radius 2 is 1.78 bits per heavy atom. The molecule has 0 aliphatic heterocycles. The molecule has 3 N–H and O–H groups in total. The zero-order valence-corrected chi connectivity index (χ0v) is 12.3. The second kappa shape index (κ2) is 5.29. The molecule has 0 amide bonds. The van der Waals surface area contributed by atoms with Gasteiger partial charge in [-0.25, -0.2) is 13.2 Å². The number of benzene rings is 2. The average Bonchev–Trinajstić information content (AvgIpc) is 2.86. The SMILES string of the molecule is O=C([O-])c1cccc(S(=O)(=O)Nc2ccc3[nH]c(=O)[nH]c3c2)c1. The minimum atomic E-state index is -3.97. The summed E-state index contributed by atoms with van der Waals surface area (Å²) in [5.74, 6) is -1.46. The molecule has 3 rings (SSSR count). The number of aromatic carboxylic acids is 1. The second-order valence-electron chi connectivity index (χ2n) is 4.76. The Morgan fingerprint density at radius 1 is 1.04 bits per heavy atom. The number of imidazole rings is 1. The van der Waals surface area contributed by atoms with Crippen molar-refractivity contribution in [2.75, 3.05) is 4.72 Å². The van der Waals surface area contributed by atoms with E-state index < -0.39 is 21.7 Å². The van der Waals surface area contributed by atoms with Crippen LogP contribution in [0.1, 0.15) is 10.4 Å². The third kappa shape index (κ3) is 2.94. The number of anilines is 1. The van der Waals surface area contributed by atoms with Crippen molar-refractivity contribution in [1.29, 1.82) is 0 Å². The topological polar surface area (TPSA) is 135 Å². The van der Waals surface area contributed by atoms with Crippen LogP contribution in [0.25, 0.3) is 11.0 Å². The zero-order chi connectivity index (χ0) is 16.6. The van der Waals surface area contributed by atoms with Crippen molar-refractivity contribution in [2.45, 2.75) is 4.90 Å². The zero-order valence-electron chi connectivity index (χ0n) is 11.5. The van der Waals surface area contributed by atoms with Gasteiger partial charge in [0.05, 0.1) is 27.6 Å². The monoisotopic (exact) mass is 332 g/mol. The van der Waals surface area contributed by atoms with Gasteiger partial charge in [0.15, 0.2) is 0 Å². The Bertz CT molecular complexity index is 1070. The lowest BCUT2D eigenvalue weighted by Crippen LogP contribution is -2.23. The fraction of sp³-hybridized carbons (Fsp3) is 0. The fourth-order valence-electron chi connectivity index (χ4n) is 2.10. The van der Waals surface area contributed by atoms with Crippen molar-refractivity contribution in [3.05, 3.63) is 58.5 Å². The molecule has 0 saturated carbocycles. The number of hydrogen-bond donors (Lipinski definition) is 3. The first-order valence-corrected chi connectivity index (χ1v) is 7.90. The molecule has 2 aromatic carbocycles. The maximum atomic E-state index is 12.3. The quantitative estimate of drug-likeness (QED) is 0.619. The van der Waals surface area contributed by atoms with E-state index in [4.69, 9.17) is 0 Å². The summed E-state index contributed by atoms with van der Waals surface area (Å²) in [5.41, 5.74) is 0.571. The highest BCUT2D eigenvalue weighted by atomic mass is 32.2. The summed E-state index contributed by atoms with van der Waals surface area (Å²) < 4.78 is 27.0.